The molecule has 3 saturated heterocycles. The van der Waals surface area contributed by atoms with Crippen LogP contribution in [0.25, 0.3) is 0 Å². The van der Waals surface area contributed by atoms with Crippen molar-refractivity contribution in [3.63, 3.8) is 0 Å². The molecule has 5 atom stereocenters. The van der Waals surface area contributed by atoms with Crippen molar-refractivity contribution in [1.29, 1.82) is 10.8 Å². The molecule has 0 spiro atoms. The van der Waals surface area contributed by atoms with E-state index in [0.717, 1.165) is 36.3 Å². The van der Waals surface area contributed by atoms with Crippen LogP contribution in [-0.2, 0) is 9.53 Å². The van der Waals surface area contributed by atoms with Crippen LogP contribution in [0.3, 0.4) is 0 Å². The summed E-state index contributed by atoms with van der Waals surface area (Å²) in [5.41, 5.74) is 0.189. The fourth-order valence-electron chi connectivity index (χ4n) is 7.70. The number of benzene rings is 1. The molecule has 4 fully saturated rings. The van der Waals surface area contributed by atoms with Gasteiger partial charge in [0.05, 0.1) is 18.4 Å². The predicted molar refractivity (Wildman–Crippen MR) is 181 cm³/mol. The normalized spacial score (nSPS) is 26.6. The maximum Gasteiger partial charge on any atom is 0.410 e. The van der Waals surface area contributed by atoms with Crippen molar-refractivity contribution in [1.82, 2.24) is 20.0 Å². The van der Waals surface area contributed by atoms with Gasteiger partial charge in [-0.2, -0.15) is 0 Å². The minimum absolute atomic E-state index is 0. The van der Waals surface area contributed by atoms with Gasteiger partial charge in [-0.1, -0.05) is 44.2 Å². The number of amides is 2. The maximum absolute atomic E-state index is 14.6. The Balaban J connectivity index is 0.00000400. The SMILES string of the molecule is CC(=N)N(C(=N)C(C)C)[C@H]1C[C@@H]2CC(C)(C1)N2CC[C@H](NC(=O)CCC1CN(C(=O)OC(C)(C)C)CC(F)(F)C1)c1ccccc1.[HH].[HH]. The molecule has 4 aliphatic rings. The number of amidine groups is 2. The van der Waals surface area contributed by atoms with E-state index in [4.69, 9.17) is 15.6 Å². The van der Waals surface area contributed by atoms with E-state index in [9.17, 15) is 18.4 Å². The number of alkyl halides is 2. The van der Waals surface area contributed by atoms with Crippen molar-refractivity contribution in [3.05, 3.63) is 35.9 Å². The molecule has 3 aliphatic heterocycles. The average molecular weight is 649 g/mol. The average Bonchev–Trinajstić information content (AvgIpc) is 2.94. The molecule has 3 heterocycles. The first-order valence-electron chi connectivity index (χ1n) is 16.8. The number of carbonyl (C=O) groups is 2. The van der Waals surface area contributed by atoms with E-state index in [1.807, 2.05) is 49.1 Å². The monoisotopic (exact) mass is 648 g/mol. The molecule has 1 saturated carbocycles. The van der Waals surface area contributed by atoms with Gasteiger partial charge in [0.15, 0.2) is 0 Å². The van der Waals surface area contributed by atoms with Crippen LogP contribution in [0.2, 0.25) is 0 Å². The van der Waals surface area contributed by atoms with E-state index in [1.165, 1.54) is 0 Å². The van der Waals surface area contributed by atoms with Crippen LogP contribution in [0.5, 0.6) is 0 Å². The minimum Gasteiger partial charge on any atom is -0.444 e. The number of hydrogen-bond acceptors (Lipinski definition) is 6. The smallest absolute Gasteiger partial charge is 0.410 e. The highest BCUT2D eigenvalue weighted by Gasteiger charge is 2.55. The summed E-state index contributed by atoms with van der Waals surface area (Å²) in [6.45, 7) is 13.4. The fourth-order valence-corrected chi connectivity index (χ4v) is 7.70. The Morgan fingerprint density at radius 1 is 1.15 bits per heavy atom. The first kappa shape index (κ1) is 35.8. The van der Waals surface area contributed by atoms with Gasteiger partial charge in [-0.15, -0.1) is 0 Å². The van der Waals surface area contributed by atoms with Gasteiger partial charge in [0, 0.05) is 52.3 Å². The highest BCUT2D eigenvalue weighted by Crippen LogP contribution is 2.49. The van der Waals surface area contributed by atoms with Crippen molar-refractivity contribution < 1.29 is 26.0 Å². The van der Waals surface area contributed by atoms with Gasteiger partial charge in [0.25, 0.3) is 5.92 Å². The molecule has 1 aromatic carbocycles. The predicted octanol–water partition coefficient (Wildman–Crippen LogP) is 7.33. The lowest BCUT2D eigenvalue weighted by molar-refractivity contribution is -0.125. The molecule has 0 aromatic heterocycles. The van der Waals surface area contributed by atoms with E-state index in [-0.39, 0.29) is 58.1 Å². The van der Waals surface area contributed by atoms with Gasteiger partial charge in [0.2, 0.25) is 5.91 Å². The minimum atomic E-state index is -3.03. The molecular formula is C35H58F2N6O3. The van der Waals surface area contributed by atoms with Crippen LogP contribution >= 0.6 is 0 Å². The third kappa shape index (κ3) is 8.83. The number of halogens is 2. The number of rotatable bonds is 10. The summed E-state index contributed by atoms with van der Waals surface area (Å²) < 4.78 is 34.5. The van der Waals surface area contributed by atoms with Crippen molar-refractivity contribution in [2.75, 3.05) is 19.6 Å². The number of hydrogen-bond donors (Lipinski definition) is 3. The summed E-state index contributed by atoms with van der Waals surface area (Å²) in [5, 5.41) is 20.2. The van der Waals surface area contributed by atoms with E-state index in [0.29, 0.717) is 24.1 Å². The molecule has 2 unspecified atom stereocenters. The lowest BCUT2D eigenvalue weighted by atomic mass is 9.66. The second-order valence-corrected chi connectivity index (χ2v) is 15.3. The Morgan fingerprint density at radius 2 is 1.83 bits per heavy atom. The summed E-state index contributed by atoms with van der Waals surface area (Å²) in [5.74, 6) is -2.76. The molecular weight excluding hydrogens is 590 g/mol. The number of ether oxygens (including phenoxy) is 1. The Labute approximate surface area is 276 Å². The number of fused-ring (bicyclic) bond motifs is 2. The Kier molecular flexibility index (Phi) is 10.9. The van der Waals surface area contributed by atoms with Crippen LogP contribution in [-0.4, -0.2) is 87.2 Å². The molecule has 46 heavy (non-hydrogen) atoms. The fraction of sp³-hybridized carbons (Fsp3) is 0.714. The molecule has 0 radical (unpaired) electrons. The standard InChI is InChI=1S/C35H54F2N6O3.2H2/c1-23(2)31(39)43(24(3)38)28-17-27-19-34(7,20-28)42(27)16-15-29(26-11-9-8-10-12-26)40-30(44)14-13-25-18-35(36,37)22-41(21-25)32(45)46-33(4,5)6;;/h8-12,23,25,27-29,38-39H,13-22H2,1-7H3,(H,40,44);2*1H/t25?,27-,28+,29+,34?;;/m1../s1. The van der Waals surface area contributed by atoms with Gasteiger partial charge in [-0.25, -0.2) is 13.6 Å². The number of carbonyl (C=O) groups excluding carboxylic acids is 2. The Morgan fingerprint density at radius 3 is 2.41 bits per heavy atom. The zero-order valence-electron chi connectivity index (χ0n) is 28.7. The summed E-state index contributed by atoms with van der Waals surface area (Å²) in [6.07, 6.45) is 2.80. The van der Waals surface area contributed by atoms with Crippen LogP contribution in [0, 0.1) is 22.7 Å². The molecule has 9 nitrogen and oxygen atoms in total. The molecule has 1 aliphatic carbocycles. The second kappa shape index (κ2) is 14.0. The number of piperidine rings is 2. The topological polar surface area (TPSA) is 113 Å². The third-order valence-electron chi connectivity index (χ3n) is 9.68. The lowest BCUT2D eigenvalue weighted by Crippen LogP contribution is -2.72. The number of likely N-dealkylation sites (tertiary alicyclic amines) is 1. The van der Waals surface area contributed by atoms with Crippen LogP contribution in [0.1, 0.15) is 108 Å². The van der Waals surface area contributed by atoms with Gasteiger partial charge in [-0.05, 0) is 78.2 Å². The number of nitrogens with zero attached hydrogens (tertiary/aromatic N) is 3. The highest BCUT2D eigenvalue weighted by atomic mass is 19.3. The quantitative estimate of drug-likeness (QED) is 0.182. The molecule has 5 rings (SSSR count). The molecule has 11 heteroatoms. The molecule has 2 bridgehead atoms. The molecule has 260 valence electrons. The van der Waals surface area contributed by atoms with E-state index >= 15 is 0 Å². The lowest BCUT2D eigenvalue weighted by Gasteiger charge is -2.64. The number of nitrogens with one attached hydrogen (secondary N) is 3. The molecule has 1 aromatic rings. The molecule has 3 N–H and O–H groups in total. The van der Waals surface area contributed by atoms with E-state index in [2.05, 4.69) is 17.1 Å². The first-order chi connectivity index (χ1) is 21.4. The second-order valence-electron chi connectivity index (χ2n) is 15.3. The van der Waals surface area contributed by atoms with Gasteiger partial charge < -0.3 is 19.9 Å². The van der Waals surface area contributed by atoms with E-state index in [1.54, 1.807) is 27.7 Å². The van der Waals surface area contributed by atoms with Crippen molar-refractivity contribution in [2.24, 2.45) is 11.8 Å². The van der Waals surface area contributed by atoms with Gasteiger partial charge in [-0.3, -0.25) is 20.5 Å². The summed E-state index contributed by atoms with van der Waals surface area (Å²) >= 11 is 0. The summed E-state index contributed by atoms with van der Waals surface area (Å²) in [7, 11) is 0. The Hall–Kier alpha value is -3.08. The maximum atomic E-state index is 14.6. The Bertz CT molecular complexity index is 1280. The highest BCUT2D eigenvalue weighted by molar-refractivity contribution is 5.98. The molecule has 2 amide bonds. The van der Waals surface area contributed by atoms with Crippen LogP contribution in [0.15, 0.2) is 30.3 Å². The largest absolute Gasteiger partial charge is 0.444 e. The van der Waals surface area contributed by atoms with Crippen LogP contribution < -0.4 is 5.32 Å². The van der Waals surface area contributed by atoms with E-state index < -0.39 is 30.1 Å². The zero-order chi connectivity index (χ0) is 34.0. The van der Waals surface area contributed by atoms with Crippen molar-refractivity contribution in [2.45, 2.75) is 129 Å². The van der Waals surface area contributed by atoms with Crippen molar-refractivity contribution in [3.8, 4) is 0 Å². The summed E-state index contributed by atoms with van der Waals surface area (Å²) in [6, 6.07) is 10.1. The summed E-state index contributed by atoms with van der Waals surface area (Å²) in [4.78, 5) is 31.3. The first-order valence-corrected chi connectivity index (χ1v) is 16.8. The third-order valence-corrected chi connectivity index (χ3v) is 9.68. The van der Waals surface area contributed by atoms with Gasteiger partial charge in [0.1, 0.15) is 11.4 Å². The van der Waals surface area contributed by atoms with Crippen molar-refractivity contribution >= 4 is 23.7 Å². The van der Waals surface area contributed by atoms with Crippen LogP contribution in [0.4, 0.5) is 13.6 Å². The van der Waals surface area contributed by atoms with Gasteiger partial charge >= 0.3 is 6.09 Å². The zero-order valence-corrected chi connectivity index (χ0v) is 28.7.